The number of nitrogens with one attached hydrogen (secondary N) is 1. The highest BCUT2D eigenvalue weighted by Crippen LogP contribution is 2.77. The fraction of sp³-hybridized carbons (Fsp3) is 0.696. The zero-order chi connectivity index (χ0) is 39.8. The summed E-state index contributed by atoms with van der Waals surface area (Å²) < 4.78 is 6.16. The van der Waals surface area contributed by atoms with Gasteiger partial charge in [-0.25, -0.2) is 0 Å². The minimum atomic E-state index is -1.17. The van der Waals surface area contributed by atoms with Crippen LogP contribution < -0.4 is 5.32 Å². The van der Waals surface area contributed by atoms with Crippen molar-refractivity contribution < 1.29 is 29.0 Å². The molecule has 0 bridgehead atoms. The van der Waals surface area contributed by atoms with Crippen LogP contribution in [0.2, 0.25) is 5.02 Å². The summed E-state index contributed by atoms with van der Waals surface area (Å²) in [5, 5.41) is 13.4. The Bertz CT molecular complexity index is 1770. The van der Waals surface area contributed by atoms with Crippen LogP contribution in [0.4, 0.5) is 0 Å². The van der Waals surface area contributed by atoms with E-state index in [1.165, 1.54) is 5.57 Å². The van der Waals surface area contributed by atoms with E-state index >= 15 is 0 Å². The van der Waals surface area contributed by atoms with Gasteiger partial charge in [-0.05, 0) is 147 Å². The van der Waals surface area contributed by atoms with Crippen LogP contribution in [0.3, 0.4) is 0 Å². The van der Waals surface area contributed by atoms with Crippen LogP contribution in [-0.4, -0.2) is 34.8 Å². The predicted octanol–water partition coefficient (Wildman–Crippen LogP) is 10.5. The first-order valence-corrected chi connectivity index (χ1v) is 20.9. The van der Waals surface area contributed by atoms with E-state index in [2.05, 4.69) is 59.9 Å². The number of carbonyl (C=O) groups excluding carboxylic acids is 3. The largest absolute Gasteiger partial charge is 0.481 e. The van der Waals surface area contributed by atoms with Crippen LogP contribution in [0.5, 0.6) is 0 Å². The van der Waals surface area contributed by atoms with E-state index in [1.54, 1.807) is 19.9 Å². The van der Waals surface area contributed by atoms with Gasteiger partial charge < -0.3 is 15.2 Å². The Morgan fingerprint density at radius 3 is 2.31 bits per heavy atom. The summed E-state index contributed by atoms with van der Waals surface area (Å²) in [7, 11) is 0. The van der Waals surface area contributed by atoms with Gasteiger partial charge in [0.1, 0.15) is 6.10 Å². The number of allylic oxidation sites excluding steroid dienone is 3. The summed E-state index contributed by atoms with van der Waals surface area (Å²) in [6, 6.07) is 7.35. The third-order valence-corrected chi connectivity index (χ3v) is 16.4. The van der Waals surface area contributed by atoms with Gasteiger partial charge in [-0.15, -0.1) is 0 Å². The summed E-state index contributed by atoms with van der Waals surface area (Å²) in [4.78, 5) is 52.3. The van der Waals surface area contributed by atoms with Gasteiger partial charge >= 0.3 is 11.9 Å². The van der Waals surface area contributed by atoms with Crippen molar-refractivity contribution in [1.29, 1.82) is 0 Å². The first-order chi connectivity index (χ1) is 25.0. The molecule has 4 fully saturated rings. The molecule has 5 aliphatic rings. The highest BCUT2D eigenvalue weighted by molar-refractivity contribution is 6.30. The van der Waals surface area contributed by atoms with Gasteiger partial charge in [-0.2, -0.15) is 0 Å². The Balaban J connectivity index is 1.26. The van der Waals surface area contributed by atoms with Gasteiger partial charge in [0.15, 0.2) is 5.78 Å². The van der Waals surface area contributed by atoms with Crippen LogP contribution in [0, 0.1) is 56.2 Å². The fourth-order valence-corrected chi connectivity index (χ4v) is 13.2. The molecule has 296 valence electrons. The molecular weight excluding hydrogens is 698 g/mol. The van der Waals surface area contributed by atoms with Crippen molar-refractivity contribution in [2.75, 3.05) is 0 Å². The van der Waals surface area contributed by atoms with E-state index in [-0.39, 0.29) is 63.8 Å². The van der Waals surface area contributed by atoms with Crippen molar-refractivity contribution in [1.82, 2.24) is 5.32 Å². The molecule has 1 amide bonds. The van der Waals surface area contributed by atoms with Gasteiger partial charge in [-0.3, -0.25) is 19.2 Å². The van der Waals surface area contributed by atoms with Gasteiger partial charge in [0.25, 0.3) is 0 Å². The highest BCUT2D eigenvalue weighted by Gasteiger charge is 2.70. The number of amides is 1. The van der Waals surface area contributed by atoms with Crippen molar-refractivity contribution in [2.24, 2.45) is 56.2 Å². The average molecular weight is 762 g/mol. The number of esters is 1. The van der Waals surface area contributed by atoms with E-state index < -0.39 is 22.8 Å². The molecule has 2 unspecified atom stereocenters. The molecule has 9 atom stereocenters. The molecule has 7 nitrogen and oxygen atoms in total. The number of carbonyl (C=O) groups is 4. The molecule has 6 rings (SSSR count). The second-order valence-corrected chi connectivity index (χ2v) is 20.6. The summed E-state index contributed by atoms with van der Waals surface area (Å²) >= 11 is 6.23. The Kier molecular flexibility index (Phi) is 10.5. The maximum atomic E-state index is 14.0. The van der Waals surface area contributed by atoms with Crippen LogP contribution in [0.1, 0.15) is 145 Å². The summed E-state index contributed by atoms with van der Waals surface area (Å²) in [6.45, 7) is 21.5. The maximum absolute atomic E-state index is 14.0. The molecule has 5 aliphatic carbocycles. The van der Waals surface area contributed by atoms with Gasteiger partial charge in [-0.1, -0.05) is 78.3 Å². The lowest BCUT2D eigenvalue weighted by Gasteiger charge is -2.72. The highest BCUT2D eigenvalue weighted by atomic mass is 35.5. The molecule has 0 saturated heterocycles. The molecule has 0 heterocycles. The number of Topliss-reactive ketones (excluding diaryl/α,β-unsaturated/α-hetero) is 1. The molecule has 4 saturated carbocycles. The lowest BCUT2D eigenvalue weighted by Crippen LogP contribution is -2.65. The summed E-state index contributed by atoms with van der Waals surface area (Å²) in [5.41, 5.74) is 1.48. The second-order valence-electron chi connectivity index (χ2n) is 20.2. The van der Waals surface area contributed by atoms with E-state index in [0.717, 1.165) is 62.5 Å². The summed E-state index contributed by atoms with van der Waals surface area (Å²) in [5.74, 6) is -0.126. The number of ether oxygens (including phenoxy) is 1. The molecule has 0 aliphatic heterocycles. The first-order valence-electron chi connectivity index (χ1n) is 20.5. The van der Waals surface area contributed by atoms with Gasteiger partial charge in [0.05, 0.1) is 17.9 Å². The number of carboxylic acid groups (broad SMARTS) is 1. The number of aliphatic carboxylic acids is 1. The van der Waals surface area contributed by atoms with E-state index in [4.69, 9.17) is 16.3 Å². The Morgan fingerprint density at radius 2 is 1.67 bits per heavy atom. The zero-order valence-electron chi connectivity index (χ0n) is 34.4. The van der Waals surface area contributed by atoms with Crippen molar-refractivity contribution in [2.45, 2.75) is 146 Å². The quantitative estimate of drug-likeness (QED) is 0.192. The number of halogens is 1. The lowest BCUT2D eigenvalue weighted by molar-refractivity contribution is -0.232. The SMILES string of the molecule is CC(C)C1=C2C3CC[C@@H]4[C@@]5(C)CC[C@H](OC(=O)CC(C)(C)C(=O)O)C(C)(C)[C@@H]5CC[C@@]4(C)[C@]3(C)CCC2(/C=C/C(=O)N[C@@H](C)c2cccc(Cl)c2)CC1=O. The van der Waals surface area contributed by atoms with Crippen molar-refractivity contribution in [3.05, 3.63) is 58.1 Å². The number of benzene rings is 1. The van der Waals surface area contributed by atoms with Crippen molar-refractivity contribution in [3.63, 3.8) is 0 Å². The molecule has 0 spiro atoms. The van der Waals surface area contributed by atoms with E-state index in [9.17, 15) is 24.3 Å². The van der Waals surface area contributed by atoms with Crippen LogP contribution in [0.25, 0.3) is 0 Å². The smallest absolute Gasteiger partial charge is 0.309 e. The lowest BCUT2D eigenvalue weighted by atomic mass is 9.33. The van der Waals surface area contributed by atoms with E-state index in [1.807, 2.05) is 31.2 Å². The van der Waals surface area contributed by atoms with Gasteiger partial charge in [0, 0.05) is 22.3 Å². The molecule has 2 N–H and O–H groups in total. The molecular formula is C46H64ClNO6. The van der Waals surface area contributed by atoms with Crippen LogP contribution in [0.15, 0.2) is 47.6 Å². The third-order valence-electron chi connectivity index (χ3n) is 16.1. The van der Waals surface area contributed by atoms with Gasteiger partial charge in [0.2, 0.25) is 5.91 Å². The Labute approximate surface area is 328 Å². The number of hydrogen-bond acceptors (Lipinski definition) is 5. The number of ketones is 1. The minimum absolute atomic E-state index is 0.0133. The molecule has 0 radical (unpaired) electrons. The predicted molar refractivity (Wildman–Crippen MR) is 212 cm³/mol. The molecule has 0 aromatic heterocycles. The fourth-order valence-electron chi connectivity index (χ4n) is 13.0. The van der Waals surface area contributed by atoms with Crippen LogP contribution >= 0.6 is 11.6 Å². The second kappa shape index (κ2) is 13.9. The monoisotopic (exact) mass is 761 g/mol. The Hall–Kier alpha value is -2.93. The number of carboxylic acids is 1. The van der Waals surface area contributed by atoms with E-state index in [0.29, 0.717) is 23.3 Å². The molecule has 1 aromatic rings. The maximum Gasteiger partial charge on any atom is 0.309 e. The normalized spacial score (nSPS) is 36.6. The number of fused-ring (bicyclic) bond motifs is 7. The molecule has 8 heteroatoms. The molecule has 54 heavy (non-hydrogen) atoms. The number of rotatable bonds is 9. The average Bonchev–Trinajstić information content (AvgIpc) is 3.37. The van der Waals surface area contributed by atoms with Crippen LogP contribution in [-0.2, 0) is 23.9 Å². The minimum Gasteiger partial charge on any atom is -0.481 e. The van der Waals surface area contributed by atoms with Crippen molar-refractivity contribution >= 4 is 35.2 Å². The topological polar surface area (TPSA) is 110 Å². The molecule has 1 aromatic carbocycles. The third kappa shape index (κ3) is 6.50. The zero-order valence-corrected chi connectivity index (χ0v) is 35.1. The summed E-state index contributed by atoms with van der Waals surface area (Å²) in [6.07, 6.45) is 11.6. The number of hydrogen-bond donors (Lipinski definition) is 2. The van der Waals surface area contributed by atoms with Crippen molar-refractivity contribution in [3.8, 4) is 0 Å². The standard InChI is InChI=1S/C46H64ClNO6/c1-27(2)38-32(49)25-46(21-18-36(50)48-28(3)29-12-11-13-30(47)24-29)23-22-44(9)31(39(38)46)14-15-34-43(8)19-17-35(54-37(51)26-41(4,5)40(52)53)42(6,7)33(43)16-20-45(34,44)10/h11-13,18,21,24,27-28,31,33-35H,14-17,19-20,22-23,25-26H2,1-10H3,(H,48,50)(H,52,53)/b21-18+/t28-,31?,33-,34+,35-,43-,44+,45+,46?/m0/s1. The first kappa shape index (κ1) is 40.7. The Morgan fingerprint density at radius 1 is 0.963 bits per heavy atom.